The molecule has 178 valence electrons. The Balaban J connectivity index is 0.00000280. The fourth-order valence-electron chi connectivity index (χ4n) is 4.64. The Labute approximate surface area is 199 Å². The zero-order chi connectivity index (χ0) is 19.1. The van der Waals surface area contributed by atoms with Crippen LogP contribution in [-0.2, 0) is 14.3 Å². The number of nitrogens with zero attached hydrogens (tertiary/aromatic N) is 3. The predicted molar refractivity (Wildman–Crippen MR) is 126 cm³/mol. The average Bonchev–Trinajstić information content (AvgIpc) is 2.73. The maximum atomic E-state index is 12.7. The maximum absolute atomic E-state index is 12.7. The predicted octanol–water partition coefficient (Wildman–Crippen LogP) is 1.81. The summed E-state index contributed by atoms with van der Waals surface area (Å²) in [5.41, 5.74) is 0. The highest BCUT2D eigenvalue weighted by Crippen LogP contribution is 2.22. The summed E-state index contributed by atoms with van der Waals surface area (Å²) in [5, 5.41) is 3.43. The molecule has 0 radical (unpaired) electrons. The summed E-state index contributed by atoms with van der Waals surface area (Å²) < 4.78 is 4.72. The smallest absolute Gasteiger partial charge is 0.305 e. The van der Waals surface area contributed by atoms with Crippen LogP contribution in [0.15, 0.2) is 0 Å². The number of methoxy groups -OCH3 is 1. The number of carbonyl (C=O) groups excluding carboxylic acids is 2. The van der Waals surface area contributed by atoms with Gasteiger partial charge in [-0.1, -0.05) is 0 Å². The molecule has 1 N–H and O–H groups in total. The molecule has 7 nitrogen and oxygen atoms in total. The molecule has 1 amide bonds. The van der Waals surface area contributed by atoms with Crippen LogP contribution in [0.5, 0.6) is 0 Å². The molecule has 3 heterocycles. The molecule has 0 aromatic rings. The van der Waals surface area contributed by atoms with E-state index in [2.05, 4.69) is 15.1 Å². The van der Waals surface area contributed by atoms with Gasteiger partial charge in [-0.3, -0.25) is 19.4 Å². The third-order valence-corrected chi connectivity index (χ3v) is 6.54. The number of carbonyl (C=O) groups is 2. The van der Waals surface area contributed by atoms with Crippen LogP contribution in [0.3, 0.4) is 0 Å². The molecule has 0 aliphatic carbocycles. The molecule has 0 unspecified atom stereocenters. The van der Waals surface area contributed by atoms with Crippen molar-refractivity contribution in [3.8, 4) is 0 Å². The molecule has 3 aliphatic rings. The number of amides is 1. The van der Waals surface area contributed by atoms with Gasteiger partial charge in [0.1, 0.15) is 0 Å². The third-order valence-electron chi connectivity index (χ3n) is 6.54. The zero-order valence-corrected chi connectivity index (χ0v) is 20.5. The van der Waals surface area contributed by atoms with Crippen LogP contribution in [0, 0.1) is 5.92 Å². The molecule has 0 spiro atoms. The molecule has 10 heteroatoms. The molecule has 3 saturated heterocycles. The second-order valence-electron chi connectivity index (χ2n) is 8.23. The quantitative estimate of drug-likeness (QED) is 0.574. The standard InChI is InChI=1S/C20H36N4O3.3ClH/c1-27-20(26)3-2-17-6-10-24(11-7-17)19(25)16-22-12-14-23(15-13-22)18-4-8-21-9-5-18;;;/h17-18,21H,2-16H2,1H3;3*1H. The van der Waals surface area contributed by atoms with Gasteiger partial charge in [0.05, 0.1) is 13.7 Å². The third kappa shape index (κ3) is 9.05. The van der Waals surface area contributed by atoms with Gasteiger partial charge in [-0.05, 0) is 51.1 Å². The van der Waals surface area contributed by atoms with E-state index in [-0.39, 0.29) is 49.1 Å². The second-order valence-corrected chi connectivity index (χ2v) is 8.23. The first-order chi connectivity index (χ1) is 13.2. The van der Waals surface area contributed by atoms with Crippen molar-refractivity contribution in [2.45, 2.75) is 44.6 Å². The van der Waals surface area contributed by atoms with E-state index < -0.39 is 0 Å². The number of piperidine rings is 2. The van der Waals surface area contributed by atoms with Crippen LogP contribution in [0.4, 0.5) is 0 Å². The van der Waals surface area contributed by atoms with Gasteiger partial charge in [-0.25, -0.2) is 0 Å². The van der Waals surface area contributed by atoms with E-state index in [1.807, 2.05) is 4.90 Å². The Hall–Kier alpha value is -0.310. The summed E-state index contributed by atoms with van der Waals surface area (Å²) in [6.07, 6.45) is 5.90. The van der Waals surface area contributed by atoms with Crippen molar-refractivity contribution < 1.29 is 14.3 Å². The van der Waals surface area contributed by atoms with Gasteiger partial charge in [-0.2, -0.15) is 0 Å². The summed E-state index contributed by atoms with van der Waals surface area (Å²) in [6.45, 7) is 8.70. The minimum atomic E-state index is -0.128. The van der Waals surface area contributed by atoms with Crippen molar-refractivity contribution >= 4 is 49.1 Å². The van der Waals surface area contributed by atoms with Crippen LogP contribution in [0.25, 0.3) is 0 Å². The summed E-state index contributed by atoms with van der Waals surface area (Å²) in [4.78, 5) is 30.9. The lowest BCUT2D eigenvalue weighted by Crippen LogP contribution is -2.54. The highest BCUT2D eigenvalue weighted by molar-refractivity contribution is 5.86. The molecule has 0 atom stereocenters. The van der Waals surface area contributed by atoms with Gasteiger partial charge in [0, 0.05) is 51.7 Å². The number of esters is 1. The van der Waals surface area contributed by atoms with E-state index in [4.69, 9.17) is 4.74 Å². The molecule has 0 aromatic carbocycles. The molecule has 0 bridgehead atoms. The maximum Gasteiger partial charge on any atom is 0.305 e. The number of hydrogen-bond acceptors (Lipinski definition) is 6. The molecule has 3 fully saturated rings. The lowest BCUT2D eigenvalue weighted by Gasteiger charge is -2.41. The molecular weight excluding hydrogens is 451 g/mol. The molecule has 3 rings (SSSR count). The molecule has 3 aliphatic heterocycles. The topological polar surface area (TPSA) is 65.1 Å². The highest BCUT2D eigenvalue weighted by Gasteiger charge is 2.28. The highest BCUT2D eigenvalue weighted by atomic mass is 35.5. The van der Waals surface area contributed by atoms with Gasteiger partial charge in [0.25, 0.3) is 0 Å². The molecule has 30 heavy (non-hydrogen) atoms. The number of piperazine rings is 1. The van der Waals surface area contributed by atoms with E-state index in [1.165, 1.54) is 20.0 Å². The minimum absolute atomic E-state index is 0. The van der Waals surface area contributed by atoms with Crippen molar-refractivity contribution in [1.29, 1.82) is 0 Å². The normalized spacial score (nSPS) is 21.7. The first-order valence-electron chi connectivity index (χ1n) is 10.7. The minimum Gasteiger partial charge on any atom is -0.469 e. The van der Waals surface area contributed by atoms with E-state index in [1.54, 1.807) is 0 Å². The van der Waals surface area contributed by atoms with Gasteiger partial charge in [-0.15, -0.1) is 37.2 Å². The van der Waals surface area contributed by atoms with Crippen LogP contribution in [-0.4, -0.2) is 98.6 Å². The number of likely N-dealkylation sites (tertiary alicyclic amines) is 1. The van der Waals surface area contributed by atoms with E-state index >= 15 is 0 Å². The van der Waals surface area contributed by atoms with E-state index in [0.29, 0.717) is 18.9 Å². The summed E-state index contributed by atoms with van der Waals surface area (Å²) in [6, 6.07) is 0.730. The van der Waals surface area contributed by atoms with Crippen molar-refractivity contribution in [1.82, 2.24) is 20.0 Å². The Morgan fingerprint density at radius 2 is 1.50 bits per heavy atom. The number of halogens is 3. The zero-order valence-electron chi connectivity index (χ0n) is 18.1. The first-order valence-corrected chi connectivity index (χ1v) is 10.7. The summed E-state index contributed by atoms with van der Waals surface area (Å²) in [7, 11) is 1.44. The van der Waals surface area contributed by atoms with E-state index in [9.17, 15) is 9.59 Å². The molecule has 0 saturated carbocycles. The Bertz CT molecular complexity index is 494. The lowest BCUT2D eigenvalue weighted by atomic mass is 9.92. The summed E-state index contributed by atoms with van der Waals surface area (Å²) >= 11 is 0. The van der Waals surface area contributed by atoms with Crippen molar-refractivity contribution in [2.24, 2.45) is 5.92 Å². The average molecular weight is 490 g/mol. The van der Waals surface area contributed by atoms with Gasteiger partial charge in [0.2, 0.25) is 5.91 Å². The fraction of sp³-hybridized carbons (Fsp3) is 0.900. The number of nitrogens with one attached hydrogen (secondary N) is 1. The second kappa shape index (κ2) is 15.5. The Morgan fingerprint density at radius 1 is 0.900 bits per heavy atom. The lowest BCUT2D eigenvalue weighted by molar-refractivity contribution is -0.141. The van der Waals surface area contributed by atoms with E-state index in [0.717, 1.165) is 77.7 Å². The van der Waals surface area contributed by atoms with Gasteiger partial charge in [0.15, 0.2) is 0 Å². The number of hydrogen-bond donors (Lipinski definition) is 1. The van der Waals surface area contributed by atoms with Crippen LogP contribution < -0.4 is 5.32 Å². The number of ether oxygens (including phenoxy) is 1. The van der Waals surface area contributed by atoms with Crippen molar-refractivity contribution in [3.05, 3.63) is 0 Å². The SMILES string of the molecule is COC(=O)CCC1CCN(C(=O)CN2CCN(C3CCNCC3)CC2)CC1.Cl.Cl.Cl. The van der Waals surface area contributed by atoms with Crippen molar-refractivity contribution in [2.75, 3.05) is 66.0 Å². The van der Waals surface area contributed by atoms with Crippen molar-refractivity contribution in [3.63, 3.8) is 0 Å². The van der Waals surface area contributed by atoms with Crippen LogP contribution >= 0.6 is 37.2 Å². The van der Waals surface area contributed by atoms with Gasteiger partial charge < -0.3 is 15.0 Å². The van der Waals surface area contributed by atoms with Crippen LogP contribution in [0.1, 0.15) is 38.5 Å². The van der Waals surface area contributed by atoms with Crippen LogP contribution in [0.2, 0.25) is 0 Å². The first kappa shape index (κ1) is 29.7. The molecular formula is C20H39Cl3N4O3. The fourth-order valence-corrected chi connectivity index (χ4v) is 4.64. The Morgan fingerprint density at radius 3 is 2.07 bits per heavy atom. The number of rotatable bonds is 6. The largest absolute Gasteiger partial charge is 0.469 e. The Kier molecular flexibility index (Phi) is 15.3. The van der Waals surface area contributed by atoms with Gasteiger partial charge >= 0.3 is 5.97 Å². The summed E-state index contributed by atoms with van der Waals surface area (Å²) in [5.74, 6) is 0.690. The molecule has 0 aromatic heterocycles. The monoisotopic (exact) mass is 488 g/mol.